The first-order chi connectivity index (χ1) is 8.75. The van der Waals surface area contributed by atoms with Gasteiger partial charge in [-0.2, -0.15) is 0 Å². The second kappa shape index (κ2) is 4.33. The maximum absolute atomic E-state index is 12.5. The first-order valence-corrected chi connectivity index (χ1v) is 6.30. The summed E-state index contributed by atoms with van der Waals surface area (Å²) in [4.78, 5) is 30.5. The Morgan fingerprint density at radius 1 is 1.21 bits per heavy atom. The van der Waals surface area contributed by atoms with Crippen molar-refractivity contribution in [2.24, 2.45) is 0 Å². The maximum Gasteiger partial charge on any atom is 0.248 e. The quantitative estimate of drug-likeness (QED) is 0.867. The molecule has 1 aromatic heterocycles. The van der Waals surface area contributed by atoms with Crippen LogP contribution in [-0.2, 0) is 16.1 Å². The summed E-state index contributed by atoms with van der Waals surface area (Å²) in [7, 11) is 0. The summed E-state index contributed by atoms with van der Waals surface area (Å²) in [6, 6.07) is 5.54. The molecule has 1 fully saturated rings. The molecule has 1 aliphatic heterocycles. The molecule has 1 aliphatic rings. The van der Waals surface area contributed by atoms with Crippen LogP contribution in [0.2, 0.25) is 0 Å². The molecule has 19 heavy (non-hydrogen) atoms. The number of nitrogens with one attached hydrogen (secondary N) is 1. The van der Waals surface area contributed by atoms with Crippen molar-refractivity contribution in [3.05, 3.63) is 30.1 Å². The van der Waals surface area contributed by atoms with Crippen molar-refractivity contribution < 1.29 is 9.59 Å². The molecule has 0 radical (unpaired) electrons. The van der Waals surface area contributed by atoms with Gasteiger partial charge in [-0.05, 0) is 39.8 Å². The number of nitrogens with zero attached hydrogens (tertiary/aromatic N) is 2. The molecule has 0 spiro atoms. The van der Waals surface area contributed by atoms with E-state index in [2.05, 4.69) is 10.3 Å². The number of carbonyl (C=O) groups excluding carboxylic acids is 2. The molecular weight excluding hydrogens is 242 g/mol. The first-order valence-electron chi connectivity index (χ1n) is 6.30. The molecule has 0 bridgehead atoms. The number of aromatic nitrogens is 1. The van der Waals surface area contributed by atoms with E-state index < -0.39 is 11.1 Å². The molecule has 102 valence electrons. The van der Waals surface area contributed by atoms with Crippen LogP contribution in [0.3, 0.4) is 0 Å². The summed E-state index contributed by atoms with van der Waals surface area (Å²) < 4.78 is 0. The van der Waals surface area contributed by atoms with Gasteiger partial charge in [-0.25, -0.2) is 0 Å². The molecule has 0 saturated carbocycles. The SMILES string of the molecule is CC1(C)NC(=O)C(C)(C)N(Cc2ccccn2)C1=O. The average Bonchev–Trinajstić information content (AvgIpc) is 2.34. The van der Waals surface area contributed by atoms with E-state index in [0.29, 0.717) is 6.54 Å². The second-order valence-electron chi connectivity index (χ2n) is 5.85. The van der Waals surface area contributed by atoms with Crippen LogP contribution < -0.4 is 5.32 Å². The molecule has 0 aromatic carbocycles. The van der Waals surface area contributed by atoms with Crippen LogP contribution in [0.4, 0.5) is 0 Å². The minimum Gasteiger partial charge on any atom is -0.340 e. The van der Waals surface area contributed by atoms with Gasteiger partial charge in [0, 0.05) is 6.20 Å². The van der Waals surface area contributed by atoms with Crippen LogP contribution in [0.1, 0.15) is 33.4 Å². The van der Waals surface area contributed by atoms with Gasteiger partial charge in [0.25, 0.3) is 0 Å². The molecule has 1 saturated heterocycles. The molecule has 1 N–H and O–H groups in total. The normalized spacial score (nSPS) is 21.2. The van der Waals surface area contributed by atoms with Gasteiger partial charge in [-0.3, -0.25) is 14.6 Å². The number of piperazine rings is 1. The van der Waals surface area contributed by atoms with Gasteiger partial charge in [-0.15, -0.1) is 0 Å². The first kappa shape index (κ1) is 13.5. The smallest absolute Gasteiger partial charge is 0.248 e. The van der Waals surface area contributed by atoms with Crippen molar-refractivity contribution in [2.75, 3.05) is 0 Å². The van der Waals surface area contributed by atoms with Gasteiger partial charge in [0.2, 0.25) is 11.8 Å². The lowest BCUT2D eigenvalue weighted by Crippen LogP contribution is -2.71. The highest BCUT2D eigenvalue weighted by Gasteiger charge is 2.49. The molecule has 0 atom stereocenters. The van der Waals surface area contributed by atoms with Crippen LogP contribution in [0.5, 0.6) is 0 Å². The zero-order valence-electron chi connectivity index (χ0n) is 11.7. The van der Waals surface area contributed by atoms with E-state index in [1.54, 1.807) is 38.8 Å². The van der Waals surface area contributed by atoms with Crippen LogP contribution in [0.25, 0.3) is 0 Å². The van der Waals surface area contributed by atoms with E-state index in [0.717, 1.165) is 5.69 Å². The molecule has 0 aliphatic carbocycles. The summed E-state index contributed by atoms with van der Waals surface area (Å²) in [6.07, 6.45) is 1.68. The minimum atomic E-state index is -0.874. The third-order valence-corrected chi connectivity index (χ3v) is 3.48. The lowest BCUT2D eigenvalue weighted by Gasteiger charge is -2.47. The molecule has 5 nitrogen and oxygen atoms in total. The van der Waals surface area contributed by atoms with E-state index in [-0.39, 0.29) is 11.8 Å². The zero-order chi connectivity index (χ0) is 14.3. The highest BCUT2D eigenvalue weighted by atomic mass is 16.2. The Labute approximate surface area is 113 Å². The largest absolute Gasteiger partial charge is 0.340 e. The van der Waals surface area contributed by atoms with Gasteiger partial charge in [0.15, 0.2) is 0 Å². The number of pyridine rings is 1. The summed E-state index contributed by atoms with van der Waals surface area (Å²) in [5.74, 6) is -0.240. The van der Waals surface area contributed by atoms with Crippen LogP contribution in [0, 0.1) is 0 Å². The van der Waals surface area contributed by atoms with Gasteiger partial charge in [-0.1, -0.05) is 6.07 Å². The molecule has 2 rings (SSSR count). The van der Waals surface area contributed by atoms with Crippen molar-refractivity contribution in [1.29, 1.82) is 0 Å². The highest BCUT2D eigenvalue weighted by Crippen LogP contribution is 2.27. The number of carbonyl (C=O) groups is 2. The molecular formula is C14H19N3O2. The van der Waals surface area contributed by atoms with Crippen molar-refractivity contribution >= 4 is 11.8 Å². The Morgan fingerprint density at radius 2 is 1.89 bits per heavy atom. The van der Waals surface area contributed by atoms with E-state index in [1.165, 1.54) is 0 Å². The lowest BCUT2D eigenvalue weighted by molar-refractivity contribution is -0.160. The second-order valence-corrected chi connectivity index (χ2v) is 5.85. The predicted octanol–water partition coefficient (Wildman–Crippen LogP) is 1.10. The topological polar surface area (TPSA) is 62.3 Å². The van der Waals surface area contributed by atoms with Gasteiger partial charge in [0.05, 0.1) is 12.2 Å². The third kappa shape index (κ3) is 2.32. The van der Waals surface area contributed by atoms with Crippen molar-refractivity contribution in [1.82, 2.24) is 15.2 Å². The van der Waals surface area contributed by atoms with E-state index in [4.69, 9.17) is 0 Å². The van der Waals surface area contributed by atoms with Crippen molar-refractivity contribution in [3.63, 3.8) is 0 Å². The van der Waals surface area contributed by atoms with Crippen LogP contribution in [0.15, 0.2) is 24.4 Å². The lowest BCUT2D eigenvalue weighted by atomic mass is 9.89. The fourth-order valence-corrected chi connectivity index (χ4v) is 2.13. The summed E-state index contributed by atoms with van der Waals surface area (Å²) >= 11 is 0. The number of hydrogen-bond donors (Lipinski definition) is 1. The molecule has 0 unspecified atom stereocenters. The molecule has 5 heteroatoms. The van der Waals surface area contributed by atoms with Gasteiger partial charge >= 0.3 is 0 Å². The Kier molecular flexibility index (Phi) is 3.08. The van der Waals surface area contributed by atoms with E-state index in [9.17, 15) is 9.59 Å². The maximum atomic E-state index is 12.5. The Bertz CT molecular complexity index is 509. The number of amides is 2. The number of hydrogen-bond acceptors (Lipinski definition) is 3. The third-order valence-electron chi connectivity index (χ3n) is 3.48. The highest BCUT2D eigenvalue weighted by molar-refractivity contribution is 6.01. The minimum absolute atomic E-state index is 0.0947. The summed E-state index contributed by atoms with van der Waals surface area (Å²) in [5, 5.41) is 2.76. The number of rotatable bonds is 2. The Morgan fingerprint density at radius 3 is 2.47 bits per heavy atom. The molecule has 2 heterocycles. The van der Waals surface area contributed by atoms with Crippen LogP contribution in [-0.4, -0.2) is 32.8 Å². The van der Waals surface area contributed by atoms with Gasteiger partial charge < -0.3 is 10.2 Å². The summed E-state index contributed by atoms with van der Waals surface area (Å²) in [6.45, 7) is 7.27. The van der Waals surface area contributed by atoms with E-state index >= 15 is 0 Å². The van der Waals surface area contributed by atoms with Crippen LogP contribution >= 0.6 is 0 Å². The fraction of sp³-hybridized carbons (Fsp3) is 0.500. The van der Waals surface area contributed by atoms with Crippen molar-refractivity contribution in [3.8, 4) is 0 Å². The Balaban J connectivity index is 2.34. The van der Waals surface area contributed by atoms with E-state index in [1.807, 2.05) is 18.2 Å². The standard InChI is InChI=1S/C14H19N3O2/c1-13(2)12(19)17(14(3,4)11(18)16-13)9-10-7-5-6-8-15-10/h5-8H,9H2,1-4H3,(H,16,18). The monoisotopic (exact) mass is 261 g/mol. The average molecular weight is 261 g/mol. The Hall–Kier alpha value is -1.91. The predicted molar refractivity (Wildman–Crippen MR) is 71.1 cm³/mol. The zero-order valence-corrected chi connectivity index (χ0v) is 11.7. The molecule has 2 amide bonds. The van der Waals surface area contributed by atoms with Gasteiger partial charge in [0.1, 0.15) is 11.1 Å². The molecule has 1 aromatic rings. The van der Waals surface area contributed by atoms with Crippen molar-refractivity contribution in [2.45, 2.75) is 45.3 Å². The summed E-state index contributed by atoms with van der Waals surface area (Å²) in [5.41, 5.74) is -0.972. The fourth-order valence-electron chi connectivity index (χ4n) is 2.13.